The lowest BCUT2D eigenvalue weighted by Gasteiger charge is -2.06. The van der Waals surface area contributed by atoms with Crippen LogP contribution in [-0.4, -0.2) is 26.8 Å². The van der Waals surface area contributed by atoms with Gasteiger partial charge in [0.2, 0.25) is 0 Å². The lowest BCUT2D eigenvalue weighted by Crippen LogP contribution is -2.25. The van der Waals surface area contributed by atoms with E-state index < -0.39 is 0 Å². The van der Waals surface area contributed by atoms with Gasteiger partial charge in [-0.2, -0.15) is 0 Å². The van der Waals surface area contributed by atoms with Gasteiger partial charge in [-0.1, -0.05) is 36.4 Å². The van der Waals surface area contributed by atoms with Crippen molar-refractivity contribution in [3.05, 3.63) is 66.6 Å². The van der Waals surface area contributed by atoms with Crippen LogP contribution < -0.4 is 5.32 Å². The number of fused-ring (bicyclic) bond motifs is 3. The topological polar surface area (TPSA) is 59.3 Å². The van der Waals surface area contributed by atoms with Crippen LogP contribution in [0.2, 0.25) is 0 Å². The second-order valence-corrected chi connectivity index (χ2v) is 6.77. The smallest absolute Gasteiger partial charge is 0.254 e. The van der Waals surface area contributed by atoms with Gasteiger partial charge in [0, 0.05) is 18.3 Å². The molecular formula is C21H18N4O. The number of amides is 1. The summed E-state index contributed by atoms with van der Waals surface area (Å²) in [5.74, 6) is 0.575. The molecule has 1 aromatic carbocycles. The predicted octanol–water partition coefficient (Wildman–Crippen LogP) is 3.69. The molecule has 0 radical (unpaired) electrons. The molecule has 0 aliphatic heterocycles. The minimum absolute atomic E-state index is 0.0532. The van der Waals surface area contributed by atoms with Crippen LogP contribution in [0.4, 0.5) is 0 Å². The Morgan fingerprint density at radius 3 is 2.69 bits per heavy atom. The van der Waals surface area contributed by atoms with Crippen LogP contribution in [-0.2, 0) is 0 Å². The zero-order valence-electron chi connectivity index (χ0n) is 14.2. The molecule has 26 heavy (non-hydrogen) atoms. The molecule has 5 nitrogen and oxygen atoms in total. The molecule has 0 unspecified atom stereocenters. The van der Waals surface area contributed by atoms with Crippen molar-refractivity contribution in [2.24, 2.45) is 5.92 Å². The van der Waals surface area contributed by atoms with Crippen LogP contribution in [0, 0.1) is 5.92 Å². The number of carbonyl (C=O) groups is 1. The van der Waals surface area contributed by atoms with Crippen molar-refractivity contribution >= 4 is 22.5 Å². The summed E-state index contributed by atoms with van der Waals surface area (Å²) in [7, 11) is 0. The Labute approximate surface area is 150 Å². The highest BCUT2D eigenvalue weighted by molar-refractivity contribution is 6.16. The molecule has 0 spiro atoms. The summed E-state index contributed by atoms with van der Waals surface area (Å²) in [5, 5.41) is 3.91. The van der Waals surface area contributed by atoms with Gasteiger partial charge in [-0.05, 0) is 30.9 Å². The molecule has 5 heteroatoms. The van der Waals surface area contributed by atoms with Crippen molar-refractivity contribution < 1.29 is 4.79 Å². The number of hydrogen-bond donors (Lipinski definition) is 1. The van der Waals surface area contributed by atoms with E-state index in [4.69, 9.17) is 0 Å². The van der Waals surface area contributed by atoms with E-state index in [2.05, 4.69) is 15.3 Å². The van der Waals surface area contributed by atoms with Crippen molar-refractivity contribution in [2.45, 2.75) is 12.8 Å². The highest BCUT2D eigenvalue weighted by Crippen LogP contribution is 2.33. The predicted molar refractivity (Wildman–Crippen MR) is 101 cm³/mol. The minimum Gasteiger partial charge on any atom is -0.352 e. The molecule has 1 fully saturated rings. The number of hydrogen-bond acceptors (Lipinski definition) is 3. The zero-order chi connectivity index (χ0) is 17.5. The van der Waals surface area contributed by atoms with Crippen LogP contribution in [0.3, 0.4) is 0 Å². The van der Waals surface area contributed by atoms with Crippen LogP contribution in [0.15, 0.2) is 61.1 Å². The summed E-state index contributed by atoms with van der Waals surface area (Å²) in [5.41, 5.74) is 4.03. The van der Waals surface area contributed by atoms with E-state index in [0.717, 1.165) is 34.4 Å². The monoisotopic (exact) mass is 342 g/mol. The fourth-order valence-corrected chi connectivity index (χ4v) is 3.44. The van der Waals surface area contributed by atoms with E-state index in [1.165, 1.54) is 12.8 Å². The Kier molecular flexibility index (Phi) is 3.45. The number of nitrogens with one attached hydrogen (secondary N) is 1. The highest BCUT2D eigenvalue weighted by Gasteiger charge is 2.26. The van der Waals surface area contributed by atoms with Crippen LogP contribution in [0.25, 0.3) is 27.8 Å². The van der Waals surface area contributed by atoms with Crippen LogP contribution in [0.1, 0.15) is 23.2 Å². The largest absolute Gasteiger partial charge is 0.352 e. The maximum atomic E-state index is 13.1. The number of aromatic nitrogens is 3. The van der Waals surface area contributed by atoms with Crippen LogP contribution in [0.5, 0.6) is 0 Å². The van der Waals surface area contributed by atoms with Gasteiger partial charge in [-0.3, -0.25) is 4.79 Å². The molecule has 1 saturated carbocycles. The first-order valence-electron chi connectivity index (χ1n) is 8.90. The normalized spacial score (nSPS) is 14.0. The Balaban J connectivity index is 1.78. The van der Waals surface area contributed by atoms with E-state index in [1.54, 1.807) is 6.33 Å². The standard InChI is InChI=1S/C21H18N4O/c26-21(22-12-14-9-10-14)17-16-8-4-5-11-25(16)20-18(17)19(23-13-24-20)15-6-2-1-3-7-15/h1-8,11,13-14H,9-10,12H2,(H,22,26). The first-order chi connectivity index (χ1) is 12.8. The van der Waals surface area contributed by atoms with Gasteiger partial charge >= 0.3 is 0 Å². The van der Waals surface area contributed by atoms with Gasteiger partial charge in [-0.15, -0.1) is 0 Å². The Hall–Kier alpha value is -3.21. The molecule has 1 amide bonds. The van der Waals surface area contributed by atoms with E-state index in [1.807, 2.05) is 59.1 Å². The number of nitrogens with zero attached hydrogens (tertiary/aromatic N) is 3. The van der Waals surface area contributed by atoms with Gasteiger partial charge in [0.05, 0.1) is 22.2 Å². The third-order valence-electron chi connectivity index (χ3n) is 4.94. The number of pyridine rings is 1. The first kappa shape index (κ1) is 15.1. The molecule has 0 atom stereocenters. The maximum Gasteiger partial charge on any atom is 0.254 e. The molecule has 1 N–H and O–H groups in total. The van der Waals surface area contributed by atoms with E-state index >= 15 is 0 Å². The molecule has 0 bridgehead atoms. The highest BCUT2D eigenvalue weighted by atomic mass is 16.1. The number of carbonyl (C=O) groups excluding carboxylic acids is 1. The number of rotatable bonds is 4. The van der Waals surface area contributed by atoms with Gasteiger partial charge < -0.3 is 9.72 Å². The van der Waals surface area contributed by atoms with Crippen molar-refractivity contribution in [2.75, 3.05) is 6.54 Å². The van der Waals surface area contributed by atoms with Gasteiger partial charge in [-0.25, -0.2) is 9.97 Å². The van der Waals surface area contributed by atoms with Gasteiger partial charge in [0.1, 0.15) is 12.0 Å². The SMILES string of the molecule is O=C(NCC1CC1)c1c2c(-c3ccccc3)ncnc2n2ccccc12. The van der Waals surface area contributed by atoms with E-state index in [-0.39, 0.29) is 5.91 Å². The quantitative estimate of drug-likeness (QED) is 0.615. The minimum atomic E-state index is -0.0532. The van der Waals surface area contributed by atoms with Gasteiger partial charge in [0.25, 0.3) is 5.91 Å². The van der Waals surface area contributed by atoms with Gasteiger partial charge in [0.15, 0.2) is 0 Å². The molecule has 3 heterocycles. The summed E-state index contributed by atoms with van der Waals surface area (Å²) in [6, 6.07) is 15.8. The molecule has 5 rings (SSSR count). The summed E-state index contributed by atoms with van der Waals surface area (Å²) >= 11 is 0. The second-order valence-electron chi connectivity index (χ2n) is 6.77. The molecule has 4 aromatic rings. The Morgan fingerprint density at radius 2 is 1.88 bits per heavy atom. The lowest BCUT2D eigenvalue weighted by molar-refractivity contribution is 0.0955. The Bertz CT molecular complexity index is 1110. The third-order valence-corrected chi connectivity index (χ3v) is 4.94. The lowest BCUT2D eigenvalue weighted by atomic mass is 10.0. The molecule has 1 aliphatic carbocycles. The van der Waals surface area contributed by atoms with Crippen molar-refractivity contribution in [3.8, 4) is 11.3 Å². The fraction of sp³-hybridized carbons (Fsp3) is 0.190. The fourth-order valence-electron chi connectivity index (χ4n) is 3.44. The molecule has 0 saturated heterocycles. The molecule has 128 valence electrons. The molecule has 3 aromatic heterocycles. The second kappa shape index (κ2) is 5.95. The maximum absolute atomic E-state index is 13.1. The zero-order valence-corrected chi connectivity index (χ0v) is 14.2. The molecule has 1 aliphatic rings. The first-order valence-corrected chi connectivity index (χ1v) is 8.90. The molecular weight excluding hydrogens is 324 g/mol. The third kappa shape index (κ3) is 2.44. The van der Waals surface area contributed by atoms with Crippen molar-refractivity contribution in [1.29, 1.82) is 0 Å². The van der Waals surface area contributed by atoms with Crippen molar-refractivity contribution in [1.82, 2.24) is 19.7 Å². The average molecular weight is 342 g/mol. The Morgan fingerprint density at radius 1 is 1.08 bits per heavy atom. The van der Waals surface area contributed by atoms with E-state index in [0.29, 0.717) is 11.5 Å². The summed E-state index contributed by atoms with van der Waals surface area (Å²) in [6.07, 6.45) is 5.92. The summed E-state index contributed by atoms with van der Waals surface area (Å²) in [6.45, 7) is 0.735. The summed E-state index contributed by atoms with van der Waals surface area (Å²) in [4.78, 5) is 22.1. The average Bonchev–Trinajstić information content (AvgIpc) is 3.46. The van der Waals surface area contributed by atoms with E-state index in [9.17, 15) is 4.79 Å². The van der Waals surface area contributed by atoms with Crippen LogP contribution >= 0.6 is 0 Å². The number of benzene rings is 1. The summed E-state index contributed by atoms with van der Waals surface area (Å²) < 4.78 is 1.97. The van der Waals surface area contributed by atoms with Crippen molar-refractivity contribution in [3.63, 3.8) is 0 Å².